The number of benzene rings is 2. The summed E-state index contributed by atoms with van der Waals surface area (Å²) in [6.45, 7) is 5.34. The van der Waals surface area contributed by atoms with E-state index >= 15 is 0 Å². The van der Waals surface area contributed by atoms with Crippen molar-refractivity contribution in [2.75, 3.05) is 13.2 Å². The summed E-state index contributed by atoms with van der Waals surface area (Å²) in [7, 11) is 0. The van der Waals surface area contributed by atoms with Crippen LogP contribution in [0.25, 0.3) is 10.9 Å². The van der Waals surface area contributed by atoms with Crippen molar-refractivity contribution in [2.24, 2.45) is 0 Å². The Morgan fingerprint density at radius 2 is 1.46 bits per heavy atom. The summed E-state index contributed by atoms with van der Waals surface area (Å²) in [5.41, 5.74) is 3.45. The van der Waals surface area contributed by atoms with Crippen molar-refractivity contribution < 1.29 is 9.47 Å². The average Bonchev–Trinajstić information content (AvgIpc) is 2.67. The molecule has 26 heavy (non-hydrogen) atoms. The minimum absolute atomic E-state index is 0.451. The van der Waals surface area contributed by atoms with Crippen molar-refractivity contribution in [2.45, 2.75) is 39.5 Å². The van der Waals surface area contributed by atoms with Crippen molar-refractivity contribution in [3.63, 3.8) is 0 Å². The maximum atomic E-state index is 6.14. The van der Waals surface area contributed by atoms with E-state index in [0.717, 1.165) is 42.3 Å². The zero-order valence-corrected chi connectivity index (χ0v) is 15.6. The number of aromatic nitrogens is 2. The average molecular weight is 350 g/mol. The van der Waals surface area contributed by atoms with Crippen LogP contribution in [0.4, 0.5) is 0 Å². The third-order valence-corrected chi connectivity index (χ3v) is 4.29. The van der Waals surface area contributed by atoms with Gasteiger partial charge in [-0.15, -0.1) is 0 Å². The molecule has 0 aliphatic rings. The van der Waals surface area contributed by atoms with Gasteiger partial charge < -0.3 is 9.47 Å². The van der Waals surface area contributed by atoms with Crippen LogP contribution < -0.4 is 9.47 Å². The standard InChI is InChI=1S/C22H26N2O2/c1-3-8-17-10-7-11-18(9-4-2)21(17)25-14-15-26-22-19-12-5-6-13-20(19)23-16-24-22/h5-7,10-13,16H,3-4,8-9,14-15H2,1-2H3. The number of rotatable bonds is 9. The van der Waals surface area contributed by atoms with Crippen molar-refractivity contribution in [3.8, 4) is 11.6 Å². The maximum absolute atomic E-state index is 6.14. The van der Waals surface area contributed by atoms with E-state index in [2.05, 4.69) is 42.0 Å². The third kappa shape index (κ3) is 4.31. The van der Waals surface area contributed by atoms with Crippen LogP contribution in [0.1, 0.15) is 37.8 Å². The Morgan fingerprint density at radius 3 is 2.19 bits per heavy atom. The van der Waals surface area contributed by atoms with Crippen LogP contribution >= 0.6 is 0 Å². The van der Waals surface area contributed by atoms with E-state index in [1.165, 1.54) is 17.5 Å². The lowest BCUT2D eigenvalue weighted by Crippen LogP contribution is -2.12. The minimum Gasteiger partial charge on any atom is -0.489 e. The molecule has 2 aromatic carbocycles. The SMILES string of the molecule is CCCc1cccc(CCC)c1OCCOc1ncnc2ccccc12. The van der Waals surface area contributed by atoms with Gasteiger partial charge in [0.2, 0.25) is 5.88 Å². The Bertz CT molecular complexity index is 819. The summed E-state index contributed by atoms with van der Waals surface area (Å²) in [5.74, 6) is 1.64. The van der Waals surface area contributed by atoms with Crippen LogP contribution in [0.15, 0.2) is 48.8 Å². The molecule has 1 heterocycles. The van der Waals surface area contributed by atoms with Gasteiger partial charge in [0.1, 0.15) is 25.3 Å². The van der Waals surface area contributed by atoms with Crippen LogP contribution in [0.2, 0.25) is 0 Å². The Morgan fingerprint density at radius 1 is 0.769 bits per heavy atom. The van der Waals surface area contributed by atoms with Gasteiger partial charge in [-0.2, -0.15) is 0 Å². The highest BCUT2D eigenvalue weighted by molar-refractivity contribution is 5.82. The maximum Gasteiger partial charge on any atom is 0.224 e. The summed E-state index contributed by atoms with van der Waals surface area (Å²) < 4.78 is 12.0. The number of nitrogens with zero attached hydrogens (tertiary/aromatic N) is 2. The molecule has 0 amide bonds. The summed E-state index contributed by atoms with van der Waals surface area (Å²) in [6, 6.07) is 14.3. The fourth-order valence-electron chi connectivity index (χ4n) is 3.13. The molecule has 4 heteroatoms. The molecule has 0 atom stereocenters. The zero-order chi connectivity index (χ0) is 18.2. The Hall–Kier alpha value is -2.62. The van der Waals surface area contributed by atoms with Crippen LogP contribution in [-0.4, -0.2) is 23.2 Å². The molecule has 0 aliphatic carbocycles. The molecular formula is C22H26N2O2. The van der Waals surface area contributed by atoms with Gasteiger partial charge in [0.15, 0.2) is 0 Å². The molecule has 3 rings (SSSR count). The van der Waals surface area contributed by atoms with Gasteiger partial charge in [0, 0.05) is 0 Å². The van der Waals surface area contributed by atoms with Crippen molar-refractivity contribution in [1.82, 2.24) is 9.97 Å². The van der Waals surface area contributed by atoms with E-state index < -0.39 is 0 Å². The van der Waals surface area contributed by atoms with Gasteiger partial charge in [-0.25, -0.2) is 9.97 Å². The second-order valence-corrected chi connectivity index (χ2v) is 6.30. The van der Waals surface area contributed by atoms with Crippen molar-refractivity contribution in [3.05, 3.63) is 59.9 Å². The molecule has 0 bridgehead atoms. The van der Waals surface area contributed by atoms with E-state index in [1.807, 2.05) is 24.3 Å². The van der Waals surface area contributed by atoms with Crippen molar-refractivity contribution >= 4 is 10.9 Å². The number of ether oxygens (including phenoxy) is 2. The van der Waals surface area contributed by atoms with E-state index in [0.29, 0.717) is 19.1 Å². The lowest BCUT2D eigenvalue weighted by molar-refractivity contribution is 0.211. The largest absolute Gasteiger partial charge is 0.489 e. The van der Waals surface area contributed by atoms with E-state index in [-0.39, 0.29) is 0 Å². The third-order valence-electron chi connectivity index (χ3n) is 4.29. The molecule has 1 aromatic heterocycles. The lowest BCUT2D eigenvalue weighted by atomic mass is 10.0. The number of hydrogen-bond donors (Lipinski definition) is 0. The molecule has 4 nitrogen and oxygen atoms in total. The van der Waals surface area contributed by atoms with Gasteiger partial charge in [-0.05, 0) is 36.1 Å². The highest BCUT2D eigenvalue weighted by Crippen LogP contribution is 2.27. The van der Waals surface area contributed by atoms with Gasteiger partial charge in [0.25, 0.3) is 0 Å². The first-order chi connectivity index (χ1) is 12.8. The number of para-hydroxylation sites is 2. The fourth-order valence-corrected chi connectivity index (χ4v) is 3.13. The predicted octanol–water partition coefficient (Wildman–Crippen LogP) is 4.99. The van der Waals surface area contributed by atoms with Crippen LogP contribution in [-0.2, 0) is 12.8 Å². The highest BCUT2D eigenvalue weighted by Gasteiger charge is 2.10. The second-order valence-electron chi connectivity index (χ2n) is 6.30. The lowest BCUT2D eigenvalue weighted by Gasteiger charge is -2.16. The molecule has 0 N–H and O–H groups in total. The molecule has 0 fully saturated rings. The molecule has 0 radical (unpaired) electrons. The van der Waals surface area contributed by atoms with Gasteiger partial charge in [-0.3, -0.25) is 0 Å². The number of aryl methyl sites for hydroxylation is 2. The van der Waals surface area contributed by atoms with Gasteiger partial charge >= 0.3 is 0 Å². The second kappa shape index (κ2) is 9.18. The molecule has 0 saturated heterocycles. The number of fused-ring (bicyclic) bond motifs is 1. The molecule has 0 aliphatic heterocycles. The molecule has 3 aromatic rings. The molecule has 136 valence electrons. The van der Waals surface area contributed by atoms with Crippen LogP contribution in [0.5, 0.6) is 11.6 Å². The Kier molecular flexibility index (Phi) is 6.42. The molecule has 0 unspecified atom stereocenters. The first-order valence-electron chi connectivity index (χ1n) is 9.39. The molecule has 0 spiro atoms. The quantitative estimate of drug-likeness (QED) is 0.510. The topological polar surface area (TPSA) is 44.2 Å². The number of hydrogen-bond acceptors (Lipinski definition) is 4. The van der Waals surface area contributed by atoms with E-state index in [4.69, 9.17) is 9.47 Å². The van der Waals surface area contributed by atoms with Crippen LogP contribution in [0, 0.1) is 0 Å². The van der Waals surface area contributed by atoms with Gasteiger partial charge in [-0.1, -0.05) is 57.0 Å². The first-order valence-corrected chi connectivity index (χ1v) is 9.39. The first kappa shape index (κ1) is 18.2. The summed E-state index contributed by atoms with van der Waals surface area (Å²) in [5, 5.41) is 0.924. The smallest absolute Gasteiger partial charge is 0.224 e. The Balaban J connectivity index is 1.66. The normalized spacial score (nSPS) is 10.8. The summed E-state index contributed by atoms with van der Waals surface area (Å²) in [6.07, 6.45) is 5.81. The van der Waals surface area contributed by atoms with Crippen molar-refractivity contribution in [1.29, 1.82) is 0 Å². The van der Waals surface area contributed by atoms with Gasteiger partial charge in [0.05, 0.1) is 10.9 Å². The fraction of sp³-hybridized carbons (Fsp3) is 0.364. The zero-order valence-electron chi connectivity index (χ0n) is 15.6. The van der Waals surface area contributed by atoms with E-state index in [1.54, 1.807) is 0 Å². The minimum atomic E-state index is 0.451. The highest BCUT2D eigenvalue weighted by atomic mass is 16.5. The molecule has 0 saturated carbocycles. The monoisotopic (exact) mass is 350 g/mol. The summed E-state index contributed by atoms with van der Waals surface area (Å²) in [4.78, 5) is 8.52. The van der Waals surface area contributed by atoms with E-state index in [9.17, 15) is 0 Å². The Labute approximate surface area is 155 Å². The molecular weight excluding hydrogens is 324 g/mol. The predicted molar refractivity (Wildman–Crippen MR) is 105 cm³/mol. The summed E-state index contributed by atoms with van der Waals surface area (Å²) >= 11 is 0. The van der Waals surface area contributed by atoms with Crippen LogP contribution in [0.3, 0.4) is 0 Å².